The average Bonchev–Trinajstić information content (AvgIpc) is 2.69. The molecule has 1 aromatic heterocycles. The molecule has 1 aromatic carbocycles. The molecule has 0 amide bonds. The number of nitrogens with zero attached hydrogens (tertiary/aromatic N) is 2. The Balaban J connectivity index is 2.66. The largest absolute Gasteiger partial charge is 0.382 e. The molecule has 0 radical (unpaired) electrons. The van der Waals surface area contributed by atoms with E-state index in [2.05, 4.69) is 9.82 Å². The van der Waals surface area contributed by atoms with Crippen molar-refractivity contribution in [1.29, 1.82) is 0 Å². The van der Waals surface area contributed by atoms with Crippen LogP contribution in [0.2, 0.25) is 0 Å². The number of para-hydroxylation sites is 1. The molecule has 0 fully saturated rings. The maximum Gasteiger partial charge on any atom is 0.242 e. The van der Waals surface area contributed by atoms with Gasteiger partial charge in [0.2, 0.25) is 10.0 Å². The molecule has 18 heavy (non-hydrogen) atoms. The number of nitrogens with two attached hydrogens (primary N) is 1. The van der Waals surface area contributed by atoms with E-state index in [1.165, 1.54) is 17.8 Å². The van der Waals surface area contributed by atoms with Crippen LogP contribution in [0.3, 0.4) is 0 Å². The second-order valence-corrected chi connectivity index (χ2v) is 5.67. The molecule has 2 aromatic rings. The molecule has 6 nitrogen and oxygen atoms in total. The van der Waals surface area contributed by atoms with Gasteiger partial charge in [0.1, 0.15) is 10.7 Å². The van der Waals surface area contributed by atoms with Gasteiger partial charge in [-0.3, -0.25) is 0 Å². The number of aromatic nitrogens is 2. The lowest BCUT2D eigenvalue weighted by atomic mass is 10.3. The molecule has 3 N–H and O–H groups in total. The molecule has 0 bridgehead atoms. The first-order chi connectivity index (χ1) is 8.45. The van der Waals surface area contributed by atoms with E-state index in [9.17, 15) is 8.42 Å². The second kappa shape index (κ2) is 4.43. The maximum atomic E-state index is 11.9. The van der Waals surface area contributed by atoms with E-state index in [0.29, 0.717) is 11.5 Å². The van der Waals surface area contributed by atoms with Gasteiger partial charge < -0.3 is 5.73 Å². The van der Waals surface area contributed by atoms with Crippen molar-refractivity contribution in [3.63, 3.8) is 0 Å². The van der Waals surface area contributed by atoms with Gasteiger partial charge in [-0.05, 0) is 26.1 Å². The maximum absolute atomic E-state index is 11.9. The molecule has 0 aliphatic rings. The predicted octanol–water partition coefficient (Wildman–Crippen LogP) is 0.671. The molecule has 7 heteroatoms. The molecule has 0 unspecified atom stereocenters. The average molecular weight is 266 g/mol. The number of aryl methyl sites for hydroxylation is 1. The van der Waals surface area contributed by atoms with Crippen molar-refractivity contribution in [1.82, 2.24) is 14.5 Å². The van der Waals surface area contributed by atoms with Crippen molar-refractivity contribution in [2.24, 2.45) is 0 Å². The molecular weight excluding hydrogens is 252 g/mol. The van der Waals surface area contributed by atoms with E-state index >= 15 is 0 Å². The van der Waals surface area contributed by atoms with Crippen LogP contribution in [0, 0.1) is 6.92 Å². The summed E-state index contributed by atoms with van der Waals surface area (Å²) in [5.74, 6) is 0.381. The van der Waals surface area contributed by atoms with Gasteiger partial charge >= 0.3 is 0 Å². The van der Waals surface area contributed by atoms with Crippen molar-refractivity contribution in [2.75, 3.05) is 12.8 Å². The van der Waals surface area contributed by atoms with E-state index in [1.54, 1.807) is 24.4 Å². The van der Waals surface area contributed by atoms with E-state index in [-0.39, 0.29) is 4.90 Å². The first-order valence-electron chi connectivity index (χ1n) is 5.30. The Morgan fingerprint density at radius 2 is 2.00 bits per heavy atom. The van der Waals surface area contributed by atoms with Crippen LogP contribution in [0.5, 0.6) is 0 Å². The summed E-state index contributed by atoms with van der Waals surface area (Å²) in [6.45, 7) is 1.81. The van der Waals surface area contributed by atoms with Gasteiger partial charge in [0.15, 0.2) is 0 Å². The van der Waals surface area contributed by atoms with Crippen LogP contribution in [0.4, 0.5) is 5.82 Å². The fourth-order valence-electron chi connectivity index (χ4n) is 1.58. The fraction of sp³-hybridized carbons (Fsp3) is 0.182. The number of rotatable bonds is 3. The Labute approximate surface area is 105 Å². The minimum atomic E-state index is -3.53. The van der Waals surface area contributed by atoms with Gasteiger partial charge in [-0.25, -0.2) is 17.8 Å². The molecule has 2 rings (SSSR count). The van der Waals surface area contributed by atoms with E-state index in [0.717, 1.165) is 5.56 Å². The van der Waals surface area contributed by atoms with E-state index in [1.807, 2.05) is 6.92 Å². The van der Waals surface area contributed by atoms with E-state index in [4.69, 9.17) is 5.73 Å². The third kappa shape index (κ3) is 2.09. The van der Waals surface area contributed by atoms with Crippen molar-refractivity contribution in [2.45, 2.75) is 11.8 Å². The minimum Gasteiger partial charge on any atom is -0.382 e. The molecule has 1 heterocycles. The molecule has 0 saturated carbocycles. The van der Waals surface area contributed by atoms with Gasteiger partial charge in [-0.15, -0.1) is 0 Å². The number of benzene rings is 1. The number of sulfonamides is 1. The zero-order chi connectivity index (χ0) is 13.3. The SMILES string of the molecule is CNS(=O)(=O)c1ccccc1-n1cc(C)c(N)n1. The Morgan fingerprint density at radius 1 is 1.33 bits per heavy atom. The summed E-state index contributed by atoms with van der Waals surface area (Å²) in [5, 5.41) is 4.09. The van der Waals surface area contributed by atoms with Gasteiger partial charge in [0.05, 0.1) is 5.69 Å². The molecule has 0 spiro atoms. The topological polar surface area (TPSA) is 90.0 Å². The number of nitrogens with one attached hydrogen (secondary N) is 1. The highest BCUT2D eigenvalue weighted by Crippen LogP contribution is 2.20. The number of hydrogen-bond donors (Lipinski definition) is 2. The highest BCUT2D eigenvalue weighted by atomic mass is 32.2. The van der Waals surface area contributed by atoms with Gasteiger partial charge in [-0.2, -0.15) is 5.10 Å². The quantitative estimate of drug-likeness (QED) is 0.854. The first kappa shape index (κ1) is 12.6. The third-order valence-corrected chi connectivity index (χ3v) is 4.07. The van der Waals surface area contributed by atoms with Crippen LogP contribution in [0.25, 0.3) is 5.69 Å². The smallest absolute Gasteiger partial charge is 0.242 e. The summed E-state index contributed by atoms with van der Waals surface area (Å²) in [5.41, 5.74) is 6.93. The summed E-state index contributed by atoms with van der Waals surface area (Å²) in [6, 6.07) is 6.61. The van der Waals surface area contributed by atoms with Gasteiger partial charge in [0, 0.05) is 11.8 Å². The third-order valence-electron chi connectivity index (χ3n) is 2.61. The van der Waals surface area contributed by atoms with Crippen LogP contribution in [-0.2, 0) is 10.0 Å². The lowest BCUT2D eigenvalue weighted by Crippen LogP contribution is -2.20. The highest BCUT2D eigenvalue weighted by molar-refractivity contribution is 7.89. The van der Waals surface area contributed by atoms with Gasteiger partial charge in [0.25, 0.3) is 0 Å². The minimum absolute atomic E-state index is 0.162. The lowest BCUT2D eigenvalue weighted by Gasteiger charge is -2.09. The molecule has 0 atom stereocenters. The molecule has 0 aliphatic carbocycles. The van der Waals surface area contributed by atoms with Crippen LogP contribution in [-0.4, -0.2) is 25.2 Å². The molecular formula is C11H14N4O2S. The summed E-state index contributed by atoms with van der Waals surface area (Å²) in [6.07, 6.45) is 1.69. The molecule has 96 valence electrons. The van der Waals surface area contributed by atoms with Crippen molar-refractivity contribution < 1.29 is 8.42 Å². The normalized spacial score (nSPS) is 11.7. The van der Waals surface area contributed by atoms with Crippen LogP contribution >= 0.6 is 0 Å². The zero-order valence-electron chi connectivity index (χ0n) is 10.1. The molecule has 0 aliphatic heterocycles. The number of hydrogen-bond acceptors (Lipinski definition) is 4. The van der Waals surface area contributed by atoms with Crippen molar-refractivity contribution >= 4 is 15.8 Å². The monoisotopic (exact) mass is 266 g/mol. The fourth-order valence-corrected chi connectivity index (χ4v) is 2.49. The van der Waals surface area contributed by atoms with Gasteiger partial charge in [-0.1, -0.05) is 12.1 Å². The summed E-state index contributed by atoms with van der Waals surface area (Å²) in [7, 11) is -2.16. The number of anilines is 1. The Bertz CT molecular complexity index is 657. The summed E-state index contributed by atoms with van der Waals surface area (Å²) >= 11 is 0. The van der Waals surface area contributed by atoms with Crippen LogP contribution < -0.4 is 10.5 Å². The second-order valence-electron chi connectivity index (χ2n) is 3.82. The Morgan fingerprint density at radius 3 is 2.56 bits per heavy atom. The summed E-state index contributed by atoms with van der Waals surface area (Å²) < 4.78 is 27.6. The predicted molar refractivity (Wildman–Crippen MR) is 69.0 cm³/mol. The first-order valence-corrected chi connectivity index (χ1v) is 6.78. The van der Waals surface area contributed by atoms with E-state index < -0.39 is 10.0 Å². The van der Waals surface area contributed by atoms with Crippen LogP contribution in [0.15, 0.2) is 35.4 Å². The summed E-state index contributed by atoms with van der Waals surface area (Å²) in [4.78, 5) is 0.162. The standard InChI is InChI=1S/C11H14N4O2S/c1-8-7-15(14-11(8)12)9-5-3-4-6-10(9)18(16,17)13-2/h3-7,13H,1-2H3,(H2,12,14). The highest BCUT2D eigenvalue weighted by Gasteiger charge is 2.18. The van der Waals surface area contributed by atoms with Crippen molar-refractivity contribution in [3.05, 3.63) is 36.0 Å². The van der Waals surface area contributed by atoms with Crippen molar-refractivity contribution in [3.8, 4) is 5.69 Å². The Kier molecular flexibility index (Phi) is 3.10. The lowest BCUT2D eigenvalue weighted by molar-refractivity contribution is 0.587. The number of nitrogen functional groups attached to an aromatic ring is 1. The van der Waals surface area contributed by atoms with Crippen LogP contribution in [0.1, 0.15) is 5.56 Å². The molecule has 0 saturated heterocycles. The Hall–Kier alpha value is -1.86. The zero-order valence-corrected chi connectivity index (χ0v) is 10.9.